The van der Waals surface area contributed by atoms with Crippen molar-refractivity contribution >= 4 is 22.9 Å². The third-order valence-electron chi connectivity index (χ3n) is 5.66. The van der Waals surface area contributed by atoms with E-state index in [2.05, 4.69) is 0 Å². The molecule has 0 amide bonds. The fraction of sp³-hybridized carbons (Fsp3) is 0.458. The van der Waals surface area contributed by atoms with Crippen molar-refractivity contribution in [1.82, 2.24) is 0 Å². The Kier molecular flexibility index (Phi) is 6.25. The normalized spacial score (nSPS) is 19.5. The molecule has 7 heteroatoms. The van der Waals surface area contributed by atoms with Crippen molar-refractivity contribution < 1.29 is 28.2 Å². The van der Waals surface area contributed by atoms with Gasteiger partial charge in [0, 0.05) is 17.0 Å². The van der Waals surface area contributed by atoms with E-state index in [9.17, 15) is 14.4 Å². The van der Waals surface area contributed by atoms with Gasteiger partial charge in [-0.2, -0.15) is 0 Å². The lowest BCUT2D eigenvalue weighted by atomic mass is 9.92. The van der Waals surface area contributed by atoms with Crippen molar-refractivity contribution in [2.75, 3.05) is 0 Å². The molecule has 1 aromatic carbocycles. The fourth-order valence-electron chi connectivity index (χ4n) is 3.39. The molecule has 3 unspecified atom stereocenters. The van der Waals surface area contributed by atoms with Gasteiger partial charge in [-0.1, -0.05) is 19.9 Å². The maximum absolute atomic E-state index is 12.7. The molecule has 0 saturated carbocycles. The van der Waals surface area contributed by atoms with E-state index in [1.165, 1.54) is 6.07 Å². The van der Waals surface area contributed by atoms with Gasteiger partial charge < -0.3 is 18.6 Å². The van der Waals surface area contributed by atoms with Gasteiger partial charge in [-0.3, -0.25) is 4.79 Å². The van der Waals surface area contributed by atoms with Crippen LogP contribution in [0.1, 0.15) is 59.6 Å². The van der Waals surface area contributed by atoms with Gasteiger partial charge in [0.15, 0.2) is 12.2 Å². The number of ether oxygens (including phenoxy) is 3. The Morgan fingerprint density at radius 3 is 2.55 bits per heavy atom. The number of carbonyl (C=O) groups is 2. The van der Waals surface area contributed by atoms with E-state index in [0.717, 1.165) is 0 Å². The van der Waals surface area contributed by atoms with Crippen molar-refractivity contribution in [2.45, 2.75) is 65.8 Å². The van der Waals surface area contributed by atoms with Gasteiger partial charge in [-0.05, 0) is 52.3 Å². The standard InChI is InChI=1S/C24H28O7/c1-7-13(3)22(26)30-20-18-16(11-9-15-10-12-17(25)29-19(15)18)28-21(20)24(5,6)31-23(27)14(4)8-2/h8-13,20-21H,7H2,1-6H3. The second kappa shape index (κ2) is 8.57. The van der Waals surface area contributed by atoms with Crippen LogP contribution in [0.4, 0.5) is 0 Å². The highest BCUT2D eigenvalue weighted by Gasteiger charge is 2.50. The van der Waals surface area contributed by atoms with Crippen LogP contribution in [-0.4, -0.2) is 23.6 Å². The first kappa shape index (κ1) is 22.6. The van der Waals surface area contributed by atoms with Gasteiger partial charge in [0.05, 0.1) is 11.5 Å². The van der Waals surface area contributed by atoms with E-state index in [0.29, 0.717) is 34.3 Å². The Morgan fingerprint density at radius 2 is 1.90 bits per heavy atom. The lowest BCUT2D eigenvalue weighted by Crippen LogP contribution is -2.47. The molecule has 0 spiro atoms. The highest BCUT2D eigenvalue weighted by molar-refractivity contribution is 5.88. The molecule has 166 valence electrons. The molecule has 0 aliphatic carbocycles. The summed E-state index contributed by atoms with van der Waals surface area (Å²) in [5.41, 5.74) is -0.466. The van der Waals surface area contributed by atoms with Gasteiger partial charge in [0.2, 0.25) is 0 Å². The molecule has 0 fully saturated rings. The van der Waals surface area contributed by atoms with Crippen LogP contribution in [0, 0.1) is 5.92 Å². The number of hydrogen-bond donors (Lipinski definition) is 0. The van der Waals surface area contributed by atoms with Gasteiger partial charge in [0.1, 0.15) is 16.9 Å². The summed E-state index contributed by atoms with van der Waals surface area (Å²) in [6.45, 7) is 10.5. The summed E-state index contributed by atoms with van der Waals surface area (Å²) in [7, 11) is 0. The topological polar surface area (TPSA) is 92.0 Å². The maximum atomic E-state index is 12.7. The van der Waals surface area contributed by atoms with E-state index in [1.54, 1.807) is 58.9 Å². The van der Waals surface area contributed by atoms with Crippen molar-refractivity contribution in [1.29, 1.82) is 0 Å². The van der Waals surface area contributed by atoms with Crippen LogP contribution >= 0.6 is 0 Å². The van der Waals surface area contributed by atoms with Crippen LogP contribution in [0.2, 0.25) is 0 Å². The third-order valence-corrected chi connectivity index (χ3v) is 5.66. The summed E-state index contributed by atoms with van der Waals surface area (Å²) in [5.74, 6) is -0.810. The highest BCUT2D eigenvalue weighted by Crippen LogP contribution is 2.47. The molecule has 7 nitrogen and oxygen atoms in total. The summed E-state index contributed by atoms with van der Waals surface area (Å²) in [6, 6.07) is 6.46. The third kappa shape index (κ3) is 4.36. The molecular weight excluding hydrogens is 400 g/mol. The lowest BCUT2D eigenvalue weighted by molar-refractivity contribution is -0.176. The largest absolute Gasteiger partial charge is 0.481 e. The predicted molar refractivity (Wildman–Crippen MR) is 115 cm³/mol. The molecule has 3 atom stereocenters. The van der Waals surface area contributed by atoms with Gasteiger partial charge in [0.25, 0.3) is 0 Å². The molecule has 2 aromatic rings. The first-order valence-corrected chi connectivity index (χ1v) is 10.4. The Bertz CT molecular complexity index is 1090. The average Bonchev–Trinajstić information content (AvgIpc) is 3.11. The molecule has 31 heavy (non-hydrogen) atoms. The number of fused-ring (bicyclic) bond motifs is 3. The van der Waals surface area contributed by atoms with E-state index >= 15 is 0 Å². The maximum Gasteiger partial charge on any atom is 0.336 e. The monoisotopic (exact) mass is 428 g/mol. The zero-order valence-corrected chi connectivity index (χ0v) is 18.7. The summed E-state index contributed by atoms with van der Waals surface area (Å²) >= 11 is 0. The number of rotatable bonds is 6. The summed E-state index contributed by atoms with van der Waals surface area (Å²) in [6.07, 6.45) is 0.512. The summed E-state index contributed by atoms with van der Waals surface area (Å²) in [5, 5.41) is 0.673. The molecule has 0 saturated heterocycles. The minimum atomic E-state index is -1.15. The molecule has 1 aromatic heterocycles. The quantitative estimate of drug-likeness (QED) is 0.381. The lowest BCUT2D eigenvalue weighted by Gasteiger charge is -2.34. The Labute approximate surface area is 181 Å². The first-order chi connectivity index (χ1) is 14.6. The molecule has 3 rings (SSSR count). The second-order valence-electron chi connectivity index (χ2n) is 8.32. The van der Waals surface area contributed by atoms with Crippen LogP contribution in [0.15, 0.2) is 45.1 Å². The average molecular weight is 428 g/mol. The van der Waals surface area contributed by atoms with Crippen LogP contribution < -0.4 is 10.4 Å². The number of carbonyl (C=O) groups excluding carboxylic acids is 2. The highest BCUT2D eigenvalue weighted by atomic mass is 16.6. The molecule has 0 bridgehead atoms. The fourth-order valence-corrected chi connectivity index (χ4v) is 3.39. The van der Waals surface area contributed by atoms with Gasteiger partial charge >= 0.3 is 17.6 Å². The predicted octanol–water partition coefficient (Wildman–Crippen LogP) is 4.47. The van der Waals surface area contributed by atoms with E-state index in [1.807, 2.05) is 6.92 Å². The van der Waals surface area contributed by atoms with Crippen LogP contribution in [-0.2, 0) is 19.1 Å². The number of allylic oxidation sites excluding steroid dienone is 1. The van der Waals surface area contributed by atoms with E-state index < -0.39 is 35.4 Å². The minimum absolute atomic E-state index is 0.293. The minimum Gasteiger partial charge on any atom is -0.481 e. The summed E-state index contributed by atoms with van der Waals surface area (Å²) < 4.78 is 23.2. The van der Waals surface area contributed by atoms with E-state index in [4.69, 9.17) is 18.6 Å². The van der Waals surface area contributed by atoms with Crippen molar-refractivity contribution in [3.63, 3.8) is 0 Å². The van der Waals surface area contributed by atoms with E-state index in [-0.39, 0.29) is 5.92 Å². The number of benzene rings is 1. The van der Waals surface area contributed by atoms with Gasteiger partial charge in [-0.15, -0.1) is 0 Å². The Morgan fingerprint density at radius 1 is 1.23 bits per heavy atom. The molecule has 1 aliphatic heterocycles. The van der Waals surface area contributed by atoms with Crippen LogP contribution in [0.25, 0.3) is 11.0 Å². The van der Waals surface area contributed by atoms with Crippen molar-refractivity contribution in [3.8, 4) is 5.75 Å². The van der Waals surface area contributed by atoms with Crippen LogP contribution in [0.3, 0.4) is 0 Å². The van der Waals surface area contributed by atoms with Gasteiger partial charge in [-0.25, -0.2) is 9.59 Å². The first-order valence-electron chi connectivity index (χ1n) is 10.4. The molecule has 0 radical (unpaired) electrons. The van der Waals surface area contributed by atoms with Crippen molar-refractivity contribution in [2.24, 2.45) is 5.92 Å². The molecule has 2 heterocycles. The zero-order valence-electron chi connectivity index (χ0n) is 18.7. The Hall–Kier alpha value is -3.09. The number of esters is 2. The molecule has 1 aliphatic rings. The zero-order chi connectivity index (χ0) is 22.9. The molecule has 0 N–H and O–H groups in total. The molecular formula is C24H28O7. The smallest absolute Gasteiger partial charge is 0.336 e. The SMILES string of the molecule is CC=C(C)C(=O)OC(C)(C)C1Oc2ccc3ccc(=O)oc3c2C1OC(=O)C(C)CC. The van der Waals surface area contributed by atoms with Crippen LogP contribution in [0.5, 0.6) is 5.75 Å². The Balaban J connectivity index is 2.09. The van der Waals surface area contributed by atoms with Crippen molar-refractivity contribution in [3.05, 3.63) is 51.9 Å². The summed E-state index contributed by atoms with van der Waals surface area (Å²) in [4.78, 5) is 37.1. The second-order valence-corrected chi connectivity index (χ2v) is 8.32. The number of hydrogen-bond acceptors (Lipinski definition) is 7.